The van der Waals surface area contributed by atoms with Gasteiger partial charge in [-0.2, -0.15) is 0 Å². The van der Waals surface area contributed by atoms with Crippen molar-refractivity contribution in [2.75, 3.05) is 20.1 Å². The van der Waals surface area contributed by atoms with E-state index in [9.17, 15) is 0 Å². The van der Waals surface area contributed by atoms with Crippen molar-refractivity contribution in [2.45, 2.75) is 32.1 Å². The van der Waals surface area contributed by atoms with E-state index >= 15 is 0 Å². The zero-order valence-corrected chi connectivity index (χ0v) is 12.2. The Labute approximate surface area is 113 Å². The van der Waals surface area contributed by atoms with Crippen molar-refractivity contribution in [2.24, 2.45) is 11.8 Å². The average Bonchev–Trinajstić information content (AvgIpc) is 2.81. The quantitative estimate of drug-likeness (QED) is 0.707. The Bertz CT molecular complexity index is 353. The first kappa shape index (κ1) is 13.3. The average molecular weight is 273 g/mol. The summed E-state index contributed by atoms with van der Waals surface area (Å²) in [4.78, 5) is 6.94. The highest BCUT2D eigenvalue weighted by Crippen LogP contribution is 2.37. The molecule has 2 unspecified atom stereocenters. The van der Waals surface area contributed by atoms with Crippen molar-refractivity contribution >= 4 is 22.9 Å². The van der Waals surface area contributed by atoms with Gasteiger partial charge >= 0.3 is 0 Å². The van der Waals surface area contributed by atoms with Crippen LogP contribution in [0.15, 0.2) is 5.38 Å². The molecule has 96 valence electrons. The number of alkyl halides is 1. The van der Waals surface area contributed by atoms with Crippen LogP contribution in [-0.4, -0.2) is 30.0 Å². The van der Waals surface area contributed by atoms with Gasteiger partial charge in [-0.15, -0.1) is 22.9 Å². The molecule has 1 aliphatic rings. The molecule has 1 heterocycles. The minimum absolute atomic E-state index is 0.538. The minimum atomic E-state index is 0.538. The molecule has 2 nitrogen and oxygen atoms in total. The third kappa shape index (κ3) is 4.23. The van der Waals surface area contributed by atoms with E-state index in [1.807, 2.05) is 0 Å². The summed E-state index contributed by atoms with van der Waals surface area (Å²) in [6.07, 6.45) is 3.72. The molecular weight excluding hydrogens is 252 g/mol. The van der Waals surface area contributed by atoms with Gasteiger partial charge in [-0.3, -0.25) is 0 Å². The van der Waals surface area contributed by atoms with E-state index in [0.717, 1.165) is 24.0 Å². The van der Waals surface area contributed by atoms with E-state index < -0.39 is 0 Å². The highest BCUT2D eigenvalue weighted by atomic mass is 35.5. The summed E-state index contributed by atoms with van der Waals surface area (Å²) in [6, 6.07) is 0. The van der Waals surface area contributed by atoms with Crippen molar-refractivity contribution in [1.29, 1.82) is 0 Å². The van der Waals surface area contributed by atoms with Gasteiger partial charge in [0.2, 0.25) is 0 Å². The first-order valence-electron chi connectivity index (χ1n) is 6.37. The van der Waals surface area contributed by atoms with E-state index in [1.54, 1.807) is 11.3 Å². The smallest absolute Gasteiger partial charge is 0.0929 e. The number of aromatic nitrogens is 1. The molecule has 2 atom stereocenters. The van der Waals surface area contributed by atoms with E-state index in [0.29, 0.717) is 5.88 Å². The lowest BCUT2D eigenvalue weighted by atomic mass is 10.2. The van der Waals surface area contributed by atoms with Gasteiger partial charge in [0.1, 0.15) is 0 Å². The first-order chi connectivity index (χ1) is 8.19. The summed E-state index contributed by atoms with van der Waals surface area (Å²) in [6.45, 7) is 4.80. The van der Waals surface area contributed by atoms with E-state index in [2.05, 4.69) is 29.2 Å². The van der Waals surface area contributed by atoms with Crippen LogP contribution in [0.3, 0.4) is 0 Å². The van der Waals surface area contributed by atoms with Gasteiger partial charge < -0.3 is 4.90 Å². The van der Waals surface area contributed by atoms with Gasteiger partial charge in [-0.25, -0.2) is 4.98 Å². The molecule has 1 aliphatic carbocycles. The molecule has 2 rings (SSSR count). The van der Waals surface area contributed by atoms with Gasteiger partial charge in [-0.05, 0) is 38.3 Å². The Kier molecular flexibility index (Phi) is 4.83. The molecule has 4 heteroatoms. The lowest BCUT2D eigenvalue weighted by Gasteiger charge is -2.15. The lowest BCUT2D eigenvalue weighted by Crippen LogP contribution is -2.23. The molecule has 0 radical (unpaired) electrons. The van der Waals surface area contributed by atoms with E-state index in [1.165, 1.54) is 30.9 Å². The van der Waals surface area contributed by atoms with Gasteiger partial charge in [0.25, 0.3) is 0 Å². The third-order valence-corrected chi connectivity index (χ3v) is 4.72. The Morgan fingerprint density at radius 1 is 1.59 bits per heavy atom. The molecule has 17 heavy (non-hydrogen) atoms. The number of hydrogen-bond acceptors (Lipinski definition) is 3. The van der Waals surface area contributed by atoms with Crippen molar-refractivity contribution < 1.29 is 0 Å². The molecule has 1 fully saturated rings. The molecule has 0 saturated heterocycles. The predicted molar refractivity (Wildman–Crippen MR) is 74.8 cm³/mol. The molecule has 0 aliphatic heterocycles. The predicted octanol–water partition coefficient (Wildman–Crippen LogP) is 3.40. The van der Waals surface area contributed by atoms with Crippen LogP contribution < -0.4 is 0 Å². The van der Waals surface area contributed by atoms with Gasteiger partial charge in [-0.1, -0.05) is 6.92 Å². The Balaban J connectivity index is 1.61. The standard InChI is InChI=1S/C13H21ClN2S/c1-10-6-11(10)8-16(2)5-3-4-13-15-12(7-14)9-17-13/h9-11H,3-8H2,1-2H3. The minimum Gasteiger partial charge on any atom is -0.306 e. The van der Waals surface area contributed by atoms with Crippen LogP contribution in [0.4, 0.5) is 0 Å². The first-order valence-corrected chi connectivity index (χ1v) is 7.78. The maximum atomic E-state index is 5.74. The van der Waals surface area contributed by atoms with Crippen LogP contribution >= 0.6 is 22.9 Å². The maximum absolute atomic E-state index is 5.74. The van der Waals surface area contributed by atoms with Gasteiger partial charge in [0.15, 0.2) is 0 Å². The molecule has 1 saturated carbocycles. The molecule has 0 bridgehead atoms. The fourth-order valence-electron chi connectivity index (χ4n) is 2.17. The highest BCUT2D eigenvalue weighted by Gasteiger charge is 2.32. The van der Waals surface area contributed by atoms with Crippen LogP contribution in [0.25, 0.3) is 0 Å². The second kappa shape index (κ2) is 6.17. The normalized spacial score (nSPS) is 23.3. The van der Waals surface area contributed by atoms with Crippen LogP contribution in [-0.2, 0) is 12.3 Å². The van der Waals surface area contributed by atoms with Crippen LogP contribution in [0.5, 0.6) is 0 Å². The fourth-order valence-corrected chi connectivity index (χ4v) is 3.24. The molecule has 0 aromatic carbocycles. The maximum Gasteiger partial charge on any atom is 0.0929 e. The van der Waals surface area contributed by atoms with Gasteiger partial charge in [0.05, 0.1) is 16.6 Å². The fraction of sp³-hybridized carbons (Fsp3) is 0.769. The Hall–Kier alpha value is -0.120. The van der Waals surface area contributed by atoms with Crippen molar-refractivity contribution in [3.05, 3.63) is 16.1 Å². The molecule has 0 spiro atoms. The highest BCUT2D eigenvalue weighted by molar-refractivity contribution is 7.09. The third-order valence-electron chi connectivity index (χ3n) is 3.49. The summed E-state index contributed by atoms with van der Waals surface area (Å²) >= 11 is 7.48. The van der Waals surface area contributed by atoms with Crippen molar-refractivity contribution in [3.8, 4) is 0 Å². The van der Waals surface area contributed by atoms with Gasteiger partial charge in [0, 0.05) is 18.3 Å². The van der Waals surface area contributed by atoms with Crippen molar-refractivity contribution in [3.63, 3.8) is 0 Å². The van der Waals surface area contributed by atoms with Crippen molar-refractivity contribution in [1.82, 2.24) is 9.88 Å². The topological polar surface area (TPSA) is 16.1 Å². The summed E-state index contributed by atoms with van der Waals surface area (Å²) in [5, 5.41) is 3.30. The summed E-state index contributed by atoms with van der Waals surface area (Å²) in [5.41, 5.74) is 1.02. The largest absolute Gasteiger partial charge is 0.306 e. The number of halogens is 1. The summed E-state index contributed by atoms with van der Waals surface area (Å²) in [5.74, 6) is 2.46. The Morgan fingerprint density at radius 2 is 2.35 bits per heavy atom. The number of thiazole rings is 1. The summed E-state index contributed by atoms with van der Waals surface area (Å²) < 4.78 is 0. The SMILES string of the molecule is CC1CC1CN(C)CCCc1nc(CCl)cs1. The number of hydrogen-bond donors (Lipinski definition) is 0. The zero-order chi connectivity index (χ0) is 12.3. The Morgan fingerprint density at radius 3 is 2.94 bits per heavy atom. The second-order valence-electron chi connectivity index (χ2n) is 5.21. The monoisotopic (exact) mass is 272 g/mol. The molecule has 0 amide bonds. The number of rotatable bonds is 7. The van der Waals surface area contributed by atoms with Crippen LogP contribution in [0.2, 0.25) is 0 Å². The molecular formula is C13H21ClN2S. The molecule has 1 aromatic rings. The van der Waals surface area contributed by atoms with E-state index in [4.69, 9.17) is 11.6 Å². The summed E-state index contributed by atoms with van der Waals surface area (Å²) in [7, 11) is 2.23. The molecule has 0 N–H and O–H groups in total. The zero-order valence-electron chi connectivity index (χ0n) is 10.7. The van der Waals surface area contributed by atoms with Crippen LogP contribution in [0, 0.1) is 11.8 Å². The lowest BCUT2D eigenvalue weighted by molar-refractivity contribution is 0.311. The van der Waals surface area contributed by atoms with E-state index in [-0.39, 0.29) is 0 Å². The number of aryl methyl sites for hydroxylation is 1. The van der Waals surface area contributed by atoms with Crippen LogP contribution in [0.1, 0.15) is 30.5 Å². The second-order valence-corrected chi connectivity index (χ2v) is 6.41. The number of nitrogens with zero attached hydrogens (tertiary/aromatic N) is 2. The molecule has 1 aromatic heterocycles.